The Labute approximate surface area is 213 Å². The molecule has 0 fully saturated rings. The zero-order valence-corrected chi connectivity index (χ0v) is 20.6. The number of hydrogen-bond donors (Lipinski definition) is 1. The molecule has 0 heterocycles. The van der Waals surface area contributed by atoms with E-state index in [-0.39, 0.29) is 16.8 Å². The number of esters is 2. The largest absolute Gasteiger partial charge is 0.493 e. The minimum atomic E-state index is -0.662. The summed E-state index contributed by atoms with van der Waals surface area (Å²) in [4.78, 5) is 36.5. The van der Waals surface area contributed by atoms with E-state index in [2.05, 4.69) is 5.32 Å². The first-order valence-corrected chi connectivity index (χ1v) is 11.1. The van der Waals surface area contributed by atoms with Crippen molar-refractivity contribution in [3.8, 4) is 11.5 Å². The summed E-state index contributed by atoms with van der Waals surface area (Å²) in [6, 6.07) is 16.7. The molecule has 0 aliphatic carbocycles. The standard InChI is InChI=1S/C27H24ClNO7/c1-33-24-14-17(6-12-23(24)36-16-18-4-9-20(28)10-5-18)7-13-25(30)29-22-15-19(26(31)34-2)8-11-21(22)27(32)35-3/h4-15H,16H2,1-3H3,(H,29,30)/b13-7+. The van der Waals surface area contributed by atoms with Gasteiger partial charge in [-0.2, -0.15) is 0 Å². The first-order chi connectivity index (χ1) is 17.3. The van der Waals surface area contributed by atoms with Crippen LogP contribution in [0.4, 0.5) is 5.69 Å². The smallest absolute Gasteiger partial charge is 0.339 e. The maximum absolute atomic E-state index is 12.6. The highest BCUT2D eigenvalue weighted by molar-refractivity contribution is 6.30. The second-order valence-corrected chi connectivity index (χ2v) is 7.83. The van der Waals surface area contributed by atoms with Gasteiger partial charge in [0.25, 0.3) is 0 Å². The first kappa shape index (κ1) is 26.3. The molecule has 0 radical (unpaired) electrons. The highest BCUT2D eigenvalue weighted by Crippen LogP contribution is 2.29. The molecule has 8 nitrogen and oxygen atoms in total. The van der Waals surface area contributed by atoms with E-state index in [4.69, 9.17) is 30.5 Å². The summed E-state index contributed by atoms with van der Waals surface area (Å²) in [6.07, 6.45) is 2.86. The lowest BCUT2D eigenvalue weighted by Gasteiger charge is -2.12. The van der Waals surface area contributed by atoms with Crippen LogP contribution in [-0.4, -0.2) is 39.2 Å². The van der Waals surface area contributed by atoms with Crippen LogP contribution in [0.15, 0.2) is 66.7 Å². The van der Waals surface area contributed by atoms with Crippen LogP contribution >= 0.6 is 11.6 Å². The molecule has 3 rings (SSSR count). The summed E-state index contributed by atoms with van der Waals surface area (Å²) in [5.74, 6) is -0.765. The van der Waals surface area contributed by atoms with Gasteiger partial charge in [-0.25, -0.2) is 9.59 Å². The fraction of sp³-hybridized carbons (Fsp3) is 0.148. The Bertz CT molecular complexity index is 1290. The third-order valence-corrected chi connectivity index (χ3v) is 5.28. The first-order valence-electron chi connectivity index (χ1n) is 10.7. The van der Waals surface area contributed by atoms with Crippen molar-refractivity contribution in [1.82, 2.24) is 0 Å². The van der Waals surface area contributed by atoms with Gasteiger partial charge in [-0.05, 0) is 59.7 Å². The van der Waals surface area contributed by atoms with Gasteiger partial charge in [-0.3, -0.25) is 4.79 Å². The minimum absolute atomic E-state index is 0.0933. The van der Waals surface area contributed by atoms with Crippen LogP contribution < -0.4 is 14.8 Å². The molecule has 3 aromatic rings. The molecule has 0 bridgehead atoms. The average Bonchev–Trinajstić information content (AvgIpc) is 2.90. The number of hydrogen-bond acceptors (Lipinski definition) is 7. The number of methoxy groups -OCH3 is 3. The normalized spacial score (nSPS) is 10.6. The van der Waals surface area contributed by atoms with Crippen molar-refractivity contribution in [2.24, 2.45) is 0 Å². The van der Waals surface area contributed by atoms with Crippen LogP contribution in [0.25, 0.3) is 6.08 Å². The molecular weight excluding hydrogens is 486 g/mol. The third-order valence-electron chi connectivity index (χ3n) is 5.03. The number of nitrogens with one attached hydrogen (secondary N) is 1. The molecule has 186 valence electrons. The van der Waals surface area contributed by atoms with Crippen LogP contribution in [0.3, 0.4) is 0 Å². The lowest BCUT2D eigenvalue weighted by Crippen LogP contribution is -2.14. The van der Waals surface area contributed by atoms with Crippen molar-refractivity contribution in [2.75, 3.05) is 26.6 Å². The van der Waals surface area contributed by atoms with Gasteiger partial charge in [0, 0.05) is 11.1 Å². The zero-order chi connectivity index (χ0) is 26.1. The number of anilines is 1. The van der Waals surface area contributed by atoms with E-state index >= 15 is 0 Å². The summed E-state index contributed by atoms with van der Waals surface area (Å²) < 4.78 is 20.7. The number of ether oxygens (including phenoxy) is 4. The maximum Gasteiger partial charge on any atom is 0.339 e. The number of halogens is 1. The molecule has 0 aliphatic heterocycles. The van der Waals surface area contributed by atoms with Crippen molar-refractivity contribution in [1.29, 1.82) is 0 Å². The second kappa shape index (κ2) is 12.4. The minimum Gasteiger partial charge on any atom is -0.493 e. The van der Waals surface area contributed by atoms with Crippen molar-refractivity contribution >= 4 is 41.2 Å². The molecule has 36 heavy (non-hydrogen) atoms. The van der Waals surface area contributed by atoms with Gasteiger partial charge in [0.1, 0.15) is 6.61 Å². The lowest BCUT2D eigenvalue weighted by molar-refractivity contribution is -0.111. The van der Waals surface area contributed by atoms with E-state index in [1.165, 1.54) is 45.6 Å². The Morgan fingerprint density at radius 3 is 2.25 bits per heavy atom. The summed E-state index contributed by atoms with van der Waals surface area (Å²) in [5, 5.41) is 3.25. The Hall–Kier alpha value is -4.30. The molecule has 9 heteroatoms. The quantitative estimate of drug-likeness (QED) is 0.314. The SMILES string of the molecule is COC(=O)c1ccc(C(=O)OC)c(NC(=O)/C=C/c2ccc(OCc3ccc(Cl)cc3)c(OC)c2)c1. The van der Waals surface area contributed by atoms with Crippen LogP contribution in [-0.2, 0) is 20.9 Å². The van der Waals surface area contributed by atoms with Crippen molar-refractivity contribution in [3.05, 3.63) is 94.0 Å². The average molecular weight is 510 g/mol. The molecule has 0 spiro atoms. The predicted molar refractivity (Wildman–Crippen MR) is 136 cm³/mol. The van der Waals surface area contributed by atoms with Gasteiger partial charge in [0.2, 0.25) is 5.91 Å². The number of benzene rings is 3. The van der Waals surface area contributed by atoms with Crippen LogP contribution in [0, 0.1) is 0 Å². The summed E-state index contributed by atoms with van der Waals surface area (Å²) >= 11 is 5.91. The molecule has 3 aromatic carbocycles. The molecule has 0 saturated carbocycles. The molecular formula is C27H24ClNO7. The molecule has 1 amide bonds. The van der Waals surface area contributed by atoms with Gasteiger partial charge >= 0.3 is 11.9 Å². The molecule has 0 aliphatic rings. The third kappa shape index (κ3) is 6.86. The molecule has 1 N–H and O–H groups in total. The number of carbonyl (C=O) groups is 3. The van der Waals surface area contributed by atoms with E-state index in [1.54, 1.807) is 36.4 Å². The van der Waals surface area contributed by atoms with Gasteiger partial charge in [-0.15, -0.1) is 0 Å². The van der Waals surface area contributed by atoms with E-state index in [9.17, 15) is 14.4 Å². The van der Waals surface area contributed by atoms with Crippen molar-refractivity contribution in [3.63, 3.8) is 0 Å². The van der Waals surface area contributed by atoms with Crippen LogP contribution in [0.5, 0.6) is 11.5 Å². The van der Waals surface area contributed by atoms with E-state index < -0.39 is 17.8 Å². The predicted octanol–water partition coefficient (Wildman–Crippen LogP) is 5.15. The number of rotatable bonds is 9. The molecule has 0 atom stereocenters. The van der Waals surface area contributed by atoms with Gasteiger partial charge in [-0.1, -0.05) is 29.8 Å². The summed E-state index contributed by atoms with van der Waals surface area (Å²) in [6.45, 7) is 0.332. The van der Waals surface area contributed by atoms with Crippen molar-refractivity contribution < 1.29 is 33.3 Å². The van der Waals surface area contributed by atoms with Crippen LogP contribution in [0.1, 0.15) is 31.8 Å². The second-order valence-electron chi connectivity index (χ2n) is 7.39. The fourth-order valence-electron chi connectivity index (χ4n) is 3.18. The topological polar surface area (TPSA) is 100 Å². The van der Waals surface area contributed by atoms with Crippen LogP contribution in [0.2, 0.25) is 5.02 Å². The van der Waals surface area contributed by atoms with E-state index in [0.717, 1.165) is 5.56 Å². The Balaban J connectivity index is 1.72. The summed E-state index contributed by atoms with van der Waals surface area (Å²) in [5.41, 5.74) is 2.00. The summed E-state index contributed by atoms with van der Waals surface area (Å²) in [7, 11) is 3.98. The lowest BCUT2D eigenvalue weighted by atomic mass is 10.1. The monoisotopic (exact) mass is 509 g/mol. The molecule has 0 saturated heterocycles. The molecule has 0 aromatic heterocycles. The van der Waals surface area contributed by atoms with Gasteiger partial charge in [0.15, 0.2) is 11.5 Å². The van der Waals surface area contributed by atoms with Gasteiger partial charge < -0.3 is 24.3 Å². The zero-order valence-electron chi connectivity index (χ0n) is 19.9. The van der Waals surface area contributed by atoms with E-state index in [0.29, 0.717) is 28.7 Å². The molecule has 0 unspecified atom stereocenters. The highest BCUT2D eigenvalue weighted by atomic mass is 35.5. The highest BCUT2D eigenvalue weighted by Gasteiger charge is 2.17. The number of amides is 1. The fourth-order valence-corrected chi connectivity index (χ4v) is 3.30. The van der Waals surface area contributed by atoms with E-state index in [1.807, 2.05) is 12.1 Å². The number of carbonyl (C=O) groups excluding carboxylic acids is 3. The Morgan fingerprint density at radius 1 is 0.861 bits per heavy atom. The maximum atomic E-state index is 12.6. The van der Waals surface area contributed by atoms with Crippen molar-refractivity contribution in [2.45, 2.75) is 6.61 Å². The Morgan fingerprint density at radius 2 is 1.58 bits per heavy atom. The Kier molecular flexibility index (Phi) is 9.07. The van der Waals surface area contributed by atoms with Gasteiger partial charge in [0.05, 0.1) is 38.1 Å².